The molecular formula is C20H22N4O2. The summed E-state index contributed by atoms with van der Waals surface area (Å²) >= 11 is 0. The Hall–Kier alpha value is -3.02. The molecule has 0 bridgehead atoms. The molecule has 2 aromatic carbocycles. The normalized spacial score (nSPS) is 17.7. The third kappa shape index (κ3) is 2.98. The van der Waals surface area contributed by atoms with Crippen LogP contribution >= 0.6 is 0 Å². The lowest BCUT2D eigenvalue weighted by Crippen LogP contribution is -2.29. The maximum atomic E-state index is 12.8. The molecule has 1 aliphatic heterocycles. The van der Waals surface area contributed by atoms with Crippen LogP contribution in [0.3, 0.4) is 0 Å². The lowest BCUT2D eigenvalue weighted by Gasteiger charge is -2.19. The molecule has 2 aliphatic rings. The number of hydrazine groups is 1. The summed E-state index contributed by atoms with van der Waals surface area (Å²) in [5, 5.41) is 8.94. The highest BCUT2D eigenvalue weighted by molar-refractivity contribution is 5.98. The highest BCUT2D eigenvalue weighted by Crippen LogP contribution is 2.50. The fourth-order valence-electron chi connectivity index (χ4n) is 3.78. The summed E-state index contributed by atoms with van der Waals surface area (Å²) in [6.07, 6.45) is 4.81. The molecule has 1 spiro atoms. The summed E-state index contributed by atoms with van der Waals surface area (Å²) < 4.78 is 0. The molecule has 6 heteroatoms. The first kappa shape index (κ1) is 16.4. The standard InChI is InChI=1S/C20H22N4O2/c25-18(21-16-10-4-1-5-11-16)23-20(14-8-3-9-15-20)24(23)19(26)22-17-12-6-2-7-13-17/h1-2,4-7,10-13H,3,8-9,14-15H2,(H,21,25)(H,22,26). The number of nitrogens with zero attached hydrogens (tertiary/aromatic N) is 2. The van der Waals surface area contributed by atoms with Crippen molar-refractivity contribution < 1.29 is 9.59 Å². The summed E-state index contributed by atoms with van der Waals surface area (Å²) in [7, 11) is 0. The number of para-hydroxylation sites is 2. The van der Waals surface area contributed by atoms with Gasteiger partial charge in [0.2, 0.25) is 0 Å². The van der Waals surface area contributed by atoms with E-state index in [9.17, 15) is 9.59 Å². The largest absolute Gasteiger partial charge is 0.343 e. The third-order valence-electron chi connectivity index (χ3n) is 5.04. The van der Waals surface area contributed by atoms with Gasteiger partial charge in [0, 0.05) is 11.4 Å². The first-order valence-corrected chi connectivity index (χ1v) is 9.03. The van der Waals surface area contributed by atoms with Crippen LogP contribution in [-0.4, -0.2) is 27.7 Å². The molecule has 4 amide bonds. The van der Waals surface area contributed by atoms with Crippen molar-refractivity contribution in [2.24, 2.45) is 0 Å². The van der Waals surface area contributed by atoms with E-state index >= 15 is 0 Å². The van der Waals surface area contributed by atoms with E-state index in [0.29, 0.717) is 0 Å². The van der Waals surface area contributed by atoms with E-state index in [4.69, 9.17) is 0 Å². The Morgan fingerprint density at radius 1 is 0.692 bits per heavy atom. The van der Waals surface area contributed by atoms with Gasteiger partial charge < -0.3 is 10.6 Å². The third-order valence-corrected chi connectivity index (χ3v) is 5.04. The Morgan fingerprint density at radius 3 is 1.54 bits per heavy atom. The molecule has 0 unspecified atom stereocenters. The highest BCUT2D eigenvalue weighted by atomic mass is 16.2. The van der Waals surface area contributed by atoms with E-state index < -0.39 is 5.66 Å². The summed E-state index contributed by atoms with van der Waals surface area (Å²) in [6, 6.07) is 18.1. The van der Waals surface area contributed by atoms with Crippen LogP contribution in [-0.2, 0) is 0 Å². The van der Waals surface area contributed by atoms with E-state index in [1.165, 1.54) is 0 Å². The van der Waals surface area contributed by atoms with Gasteiger partial charge in [0.05, 0.1) is 0 Å². The zero-order valence-corrected chi connectivity index (χ0v) is 14.5. The minimum Gasteiger partial charge on any atom is -0.306 e. The smallest absolute Gasteiger partial charge is 0.306 e. The van der Waals surface area contributed by atoms with E-state index in [1.54, 1.807) is 10.0 Å². The van der Waals surface area contributed by atoms with Crippen LogP contribution in [0.1, 0.15) is 32.1 Å². The van der Waals surface area contributed by atoms with Crippen molar-refractivity contribution in [3.8, 4) is 0 Å². The number of hydrogen-bond acceptors (Lipinski definition) is 2. The minimum absolute atomic E-state index is 0.263. The number of benzene rings is 2. The Kier molecular flexibility index (Phi) is 4.24. The molecule has 0 radical (unpaired) electrons. The predicted octanol–water partition coefficient (Wildman–Crippen LogP) is 4.64. The van der Waals surface area contributed by atoms with Gasteiger partial charge in [0.1, 0.15) is 0 Å². The maximum absolute atomic E-state index is 12.8. The second-order valence-corrected chi connectivity index (χ2v) is 6.76. The highest BCUT2D eigenvalue weighted by Gasteiger charge is 2.66. The molecule has 1 aliphatic carbocycles. The van der Waals surface area contributed by atoms with Gasteiger partial charge in [-0.2, -0.15) is 0 Å². The number of anilines is 2. The van der Waals surface area contributed by atoms with Crippen LogP contribution in [0, 0.1) is 0 Å². The predicted molar refractivity (Wildman–Crippen MR) is 100 cm³/mol. The molecule has 134 valence electrons. The van der Waals surface area contributed by atoms with Crippen molar-refractivity contribution in [2.45, 2.75) is 37.8 Å². The summed E-state index contributed by atoms with van der Waals surface area (Å²) in [6.45, 7) is 0. The number of carbonyl (C=O) groups excluding carboxylic acids is 2. The SMILES string of the molecule is O=C(Nc1ccccc1)N1N(C(=O)Nc2ccccc2)C12CCCCC2. The van der Waals surface area contributed by atoms with Crippen molar-refractivity contribution >= 4 is 23.4 Å². The van der Waals surface area contributed by atoms with Gasteiger partial charge in [-0.3, -0.25) is 0 Å². The Morgan fingerprint density at radius 2 is 1.12 bits per heavy atom. The van der Waals surface area contributed by atoms with E-state index in [0.717, 1.165) is 43.5 Å². The number of hydrogen-bond donors (Lipinski definition) is 2. The molecule has 1 saturated carbocycles. The van der Waals surface area contributed by atoms with Gasteiger partial charge in [0.15, 0.2) is 5.66 Å². The van der Waals surface area contributed by atoms with Crippen molar-refractivity contribution in [1.82, 2.24) is 10.0 Å². The average molecular weight is 350 g/mol. The van der Waals surface area contributed by atoms with E-state index in [2.05, 4.69) is 10.6 Å². The van der Waals surface area contributed by atoms with Crippen LogP contribution in [0.5, 0.6) is 0 Å². The molecule has 0 aromatic heterocycles. The lowest BCUT2D eigenvalue weighted by atomic mass is 9.92. The topological polar surface area (TPSA) is 64.2 Å². The number of carbonyl (C=O) groups is 2. The van der Waals surface area contributed by atoms with Gasteiger partial charge in [-0.05, 0) is 49.9 Å². The van der Waals surface area contributed by atoms with Crippen molar-refractivity contribution in [3.63, 3.8) is 0 Å². The summed E-state index contributed by atoms with van der Waals surface area (Å²) in [5.41, 5.74) is 0.952. The molecule has 1 saturated heterocycles. The van der Waals surface area contributed by atoms with Gasteiger partial charge in [-0.25, -0.2) is 19.6 Å². The number of urea groups is 2. The molecule has 6 nitrogen and oxygen atoms in total. The number of rotatable bonds is 2. The van der Waals surface area contributed by atoms with Crippen LogP contribution in [0.15, 0.2) is 60.7 Å². The van der Waals surface area contributed by atoms with Gasteiger partial charge in [-0.1, -0.05) is 42.8 Å². The van der Waals surface area contributed by atoms with E-state index in [1.807, 2.05) is 60.7 Å². The van der Waals surface area contributed by atoms with Gasteiger partial charge in [0.25, 0.3) is 0 Å². The average Bonchev–Trinajstić information content (AvgIpc) is 3.31. The summed E-state index contributed by atoms with van der Waals surface area (Å²) in [5.74, 6) is 0. The monoisotopic (exact) mass is 350 g/mol. The first-order chi connectivity index (χ1) is 12.7. The van der Waals surface area contributed by atoms with Crippen LogP contribution in [0.25, 0.3) is 0 Å². The molecule has 2 fully saturated rings. The molecular weight excluding hydrogens is 328 g/mol. The lowest BCUT2D eigenvalue weighted by molar-refractivity contribution is 0.210. The van der Waals surface area contributed by atoms with Crippen molar-refractivity contribution in [1.29, 1.82) is 0 Å². The van der Waals surface area contributed by atoms with Gasteiger partial charge >= 0.3 is 12.1 Å². The second kappa shape index (κ2) is 6.71. The quantitative estimate of drug-likeness (QED) is 0.775. The zero-order valence-electron chi connectivity index (χ0n) is 14.5. The fraction of sp³-hybridized carbons (Fsp3) is 0.300. The molecule has 2 N–H and O–H groups in total. The maximum Gasteiger partial charge on any atom is 0.343 e. The molecule has 1 heterocycles. The van der Waals surface area contributed by atoms with Crippen molar-refractivity contribution in [3.05, 3.63) is 60.7 Å². The van der Waals surface area contributed by atoms with Crippen LogP contribution < -0.4 is 10.6 Å². The Labute approximate surface area is 152 Å². The van der Waals surface area contributed by atoms with Crippen LogP contribution in [0.4, 0.5) is 21.0 Å². The summed E-state index contributed by atoms with van der Waals surface area (Å²) in [4.78, 5) is 25.6. The fourth-order valence-corrected chi connectivity index (χ4v) is 3.78. The Bertz CT molecular complexity index is 726. The molecule has 26 heavy (non-hydrogen) atoms. The number of amides is 4. The second-order valence-electron chi connectivity index (χ2n) is 6.76. The van der Waals surface area contributed by atoms with E-state index in [-0.39, 0.29) is 12.1 Å². The zero-order chi connectivity index (χ0) is 18.0. The van der Waals surface area contributed by atoms with Gasteiger partial charge in [-0.15, -0.1) is 0 Å². The molecule has 4 rings (SSSR count). The Balaban J connectivity index is 1.52. The van der Waals surface area contributed by atoms with Crippen molar-refractivity contribution in [2.75, 3.05) is 10.6 Å². The number of nitrogens with one attached hydrogen (secondary N) is 2. The molecule has 0 atom stereocenters. The molecule has 2 aromatic rings. The first-order valence-electron chi connectivity index (χ1n) is 9.03. The minimum atomic E-state index is -0.490. The van der Waals surface area contributed by atoms with Crippen LogP contribution in [0.2, 0.25) is 0 Å².